The highest BCUT2D eigenvalue weighted by atomic mass is 35.5. The number of carbonyl (C=O) groups is 1. The number of amides is 1. The molecule has 1 heterocycles. The summed E-state index contributed by atoms with van der Waals surface area (Å²) in [4.78, 5) is 14.5. The van der Waals surface area contributed by atoms with Gasteiger partial charge in [-0.3, -0.25) is 10.1 Å². The van der Waals surface area contributed by atoms with Crippen LogP contribution in [0.3, 0.4) is 0 Å². The average Bonchev–Trinajstić information content (AvgIpc) is 2.70. The third kappa shape index (κ3) is 5.61. The maximum atomic E-state index is 12.4. The molecule has 0 bridgehead atoms. The highest BCUT2D eigenvalue weighted by Crippen LogP contribution is 2.27. The van der Waals surface area contributed by atoms with Crippen molar-refractivity contribution >= 4 is 67.8 Å². The van der Waals surface area contributed by atoms with Gasteiger partial charge in [0.1, 0.15) is 0 Å². The fourth-order valence-corrected chi connectivity index (χ4v) is 4.41. The zero-order valence-corrected chi connectivity index (χ0v) is 19.2. The van der Waals surface area contributed by atoms with Crippen LogP contribution in [-0.2, 0) is 10.0 Å². The Hall–Kier alpha value is -1.91. The van der Waals surface area contributed by atoms with E-state index in [2.05, 4.69) is 15.5 Å². The number of nitrogens with one attached hydrogen (secondary N) is 2. The van der Waals surface area contributed by atoms with Gasteiger partial charge in [-0.1, -0.05) is 35.3 Å². The minimum atomic E-state index is -3.20. The van der Waals surface area contributed by atoms with Crippen LogP contribution in [0.15, 0.2) is 42.5 Å². The summed E-state index contributed by atoms with van der Waals surface area (Å²) in [6, 6.07) is 12.1. The number of sulfonamides is 1. The molecular formula is C19H20Cl2N4O3S2. The first-order valence-corrected chi connectivity index (χ1v) is 12.0. The van der Waals surface area contributed by atoms with Gasteiger partial charge in [0.25, 0.3) is 5.91 Å². The van der Waals surface area contributed by atoms with Crippen LogP contribution in [0.1, 0.15) is 10.4 Å². The summed E-state index contributed by atoms with van der Waals surface area (Å²) in [6.07, 6.45) is 1.22. The topological polar surface area (TPSA) is 81.8 Å². The van der Waals surface area contributed by atoms with Crippen LogP contribution in [0.4, 0.5) is 11.4 Å². The maximum Gasteiger partial charge on any atom is 0.257 e. The second-order valence-electron chi connectivity index (χ2n) is 6.70. The van der Waals surface area contributed by atoms with Crippen molar-refractivity contribution in [2.75, 3.05) is 42.7 Å². The minimum Gasteiger partial charge on any atom is -0.367 e. The molecule has 0 aromatic heterocycles. The average molecular weight is 487 g/mol. The minimum absolute atomic E-state index is 0.133. The van der Waals surface area contributed by atoms with Gasteiger partial charge in [-0.25, -0.2) is 8.42 Å². The van der Waals surface area contributed by atoms with E-state index >= 15 is 0 Å². The lowest BCUT2D eigenvalue weighted by Crippen LogP contribution is -2.48. The van der Waals surface area contributed by atoms with E-state index in [0.29, 0.717) is 42.5 Å². The van der Waals surface area contributed by atoms with Gasteiger partial charge in [-0.2, -0.15) is 4.31 Å². The number of thiocarbonyl (C=S) groups is 1. The number of hydrogen-bond donors (Lipinski definition) is 2. The van der Waals surface area contributed by atoms with Crippen molar-refractivity contribution in [1.29, 1.82) is 0 Å². The van der Waals surface area contributed by atoms with Crippen LogP contribution in [0.25, 0.3) is 0 Å². The molecule has 1 aliphatic rings. The maximum absolute atomic E-state index is 12.4. The fourth-order valence-electron chi connectivity index (χ4n) is 3.08. The van der Waals surface area contributed by atoms with E-state index in [1.165, 1.54) is 16.6 Å². The van der Waals surface area contributed by atoms with Gasteiger partial charge in [-0.05, 0) is 42.5 Å². The lowest BCUT2D eigenvalue weighted by Gasteiger charge is -2.35. The van der Waals surface area contributed by atoms with Gasteiger partial charge in [0.15, 0.2) is 5.11 Å². The van der Waals surface area contributed by atoms with Gasteiger partial charge in [0.2, 0.25) is 10.0 Å². The largest absolute Gasteiger partial charge is 0.367 e. The molecule has 1 amide bonds. The van der Waals surface area contributed by atoms with E-state index in [9.17, 15) is 13.2 Å². The van der Waals surface area contributed by atoms with Crippen molar-refractivity contribution in [3.05, 3.63) is 58.1 Å². The zero-order valence-electron chi connectivity index (χ0n) is 16.1. The number of para-hydroxylation sites is 2. The molecule has 30 heavy (non-hydrogen) atoms. The van der Waals surface area contributed by atoms with E-state index in [1.807, 2.05) is 24.3 Å². The van der Waals surface area contributed by atoms with Crippen LogP contribution < -0.4 is 15.5 Å². The normalized spacial score (nSPS) is 15.0. The standard InChI is InChI=1S/C19H20Cl2N4O3S2/c1-30(27,28)25-10-8-24(9-11-25)17-5-3-2-4-16(17)22-19(29)23-18(26)13-6-7-14(20)15(21)12-13/h2-7,12H,8-11H2,1H3,(H2,22,23,26,29). The molecule has 0 saturated carbocycles. The van der Waals surface area contributed by atoms with Crippen molar-refractivity contribution in [2.24, 2.45) is 0 Å². The first-order valence-electron chi connectivity index (χ1n) is 9.01. The van der Waals surface area contributed by atoms with Gasteiger partial charge in [0.05, 0.1) is 27.7 Å². The Labute approximate surface area is 191 Å². The van der Waals surface area contributed by atoms with Crippen LogP contribution in [0.2, 0.25) is 10.0 Å². The molecule has 3 rings (SSSR count). The number of nitrogens with zero attached hydrogens (tertiary/aromatic N) is 2. The molecular weight excluding hydrogens is 467 g/mol. The first kappa shape index (κ1) is 22.8. The Kier molecular flexibility index (Phi) is 7.20. The molecule has 0 atom stereocenters. The van der Waals surface area contributed by atoms with Gasteiger partial charge < -0.3 is 10.2 Å². The molecule has 0 aliphatic carbocycles. The van der Waals surface area contributed by atoms with Crippen molar-refractivity contribution in [3.8, 4) is 0 Å². The van der Waals surface area contributed by atoms with E-state index in [1.54, 1.807) is 12.1 Å². The highest BCUT2D eigenvalue weighted by Gasteiger charge is 2.24. The Morgan fingerprint density at radius 1 is 1.03 bits per heavy atom. The Morgan fingerprint density at radius 2 is 1.70 bits per heavy atom. The number of anilines is 2. The molecule has 1 saturated heterocycles. The van der Waals surface area contributed by atoms with Crippen LogP contribution in [0.5, 0.6) is 0 Å². The smallest absolute Gasteiger partial charge is 0.257 e. The van der Waals surface area contributed by atoms with Gasteiger partial charge in [0, 0.05) is 31.7 Å². The second-order valence-corrected chi connectivity index (χ2v) is 9.91. The van der Waals surface area contributed by atoms with Crippen molar-refractivity contribution in [3.63, 3.8) is 0 Å². The SMILES string of the molecule is CS(=O)(=O)N1CCN(c2ccccc2NC(=S)NC(=O)c2ccc(Cl)c(Cl)c2)CC1. The van der Waals surface area contributed by atoms with E-state index in [4.69, 9.17) is 35.4 Å². The summed E-state index contributed by atoms with van der Waals surface area (Å²) in [7, 11) is -3.20. The van der Waals surface area contributed by atoms with E-state index in [-0.39, 0.29) is 10.1 Å². The highest BCUT2D eigenvalue weighted by molar-refractivity contribution is 7.88. The zero-order chi connectivity index (χ0) is 21.9. The fraction of sp³-hybridized carbons (Fsp3) is 0.263. The summed E-state index contributed by atoms with van der Waals surface area (Å²) in [5.41, 5.74) is 1.92. The number of carbonyl (C=O) groups excluding carboxylic acids is 1. The van der Waals surface area contributed by atoms with Gasteiger partial charge in [-0.15, -0.1) is 0 Å². The van der Waals surface area contributed by atoms with Crippen molar-refractivity contribution < 1.29 is 13.2 Å². The summed E-state index contributed by atoms with van der Waals surface area (Å²) in [5, 5.41) is 6.44. The van der Waals surface area contributed by atoms with E-state index < -0.39 is 15.9 Å². The van der Waals surface area contributed by atoms with Crippen molar-refractivity contribution in [2.45, 2.75) is 0 Å². The molecule has 0 radical (unpaired) electrons. The summed E-state index contributed by atoms with van der Waals surface area (Å²) in [5.74, 6) is -0.412. The second kappa shape index (κ2) is 9.49. The first-order chi connectivity index (χ1) is 14.1. The number of hydrogen-bond acceptors (Lipinski definition) is 5. The number of halogens is 2. The van der Waals surface area contributed by atoms with E-state index in [0.717, 1.165) is 5.69 Å². The predicted molar refractivity (Wildman–Crippen MR) is 125 cm³/mol. The molecule has 0 spiro atoms. The predicted octanol–water partition coefficient (Wildman–Crippen LogP) is 3.20. The lowest BCUT2D eigenvalue weighted by molar-refractivity contribution is 0.0977. The summed E-state index contributed by atoms with van der Waals surface area (Å²) in [6.45, 7) is 1.92. The third-order valence-corrected chi connectivity index (χ3v) is 6.86. The number of benzene rings is 2. The molecule has 11 heteroatoms. The molecule has 0 unspecified atom stereocenters. The molecule has 2 aromatic rings. The summed E-state index contributed by atoms with van der Waals surface area (Å²) >= 11 is 17.1. The lowest BCUT2D eigenvalue weighted by atomic mass is 10.2. The summed E-state index contributed by atoms with van der Waals surface area (Å²) < 4.78 is 24.9. The number of piperazine rings is 1. The molecule has 2 aromatic carbocycles. The molecule has 160 valence electrons. The number of rotatable bonds is 4. The molecule has 7 nitrogen and oxygen atoms in total. The quantitative estimate of drug-likeness (QED) is 0.645. The monoisotopic (exact) mass is 486 g/mol. The van der Waals surface area contributed by atoms with Crippen LogP contribution in [-0.4, -0.2) is 56.2 Å². The molecule has 1 fully saturated rings. The Morgan fingerprint density at radius 3 is 2.33 bits per heavy atom. The molecule has 1 aliphatic heterocycles. The van der Waals surface area contributed by atoms with Gasteiger partial charge >= 0.3 is 0 Å². The van der Waals surface area contributed by atoms with Crippen molar-refractivity contribution in [1.82, 2.24) is 9.62 Å². The third-order valence-electron chi connectivity index (χ3n) is 4.61. The van der Waals surface area contributed by atoms with Crippen LogP contribution >= 0.6 is 35.4 Å². The molecule has 2 N–H and O–H groups in total. The van der Waals surface area contributed by atoms with Crippen LogP contribution in [0, 0.1) is 0 Å². The Bertz CT molecular complexity index is 1070. The Balaban J connectivity index is 1.67.